The molecule has 0 N–H and O–H groups in total. The number of carbonyl (C=O) groups excluding carboxylic acids is 1. The topological polar surface area (TPSA) is 66.9 Å². The molecule has 3 aromatic heterocycles. The summed E-state index contributed by atoms with van der Waals surface area (Å²) in [4.78, 5) is 21.4. The fourth-order valence-corrected chi connectivity index (χ4v) is 3.60. The molecule has 28 heavy (non-hydrogen) atoms. The van der Waals surface area contributed by atoms with Crippen LogP contribution >= 0.6 is 0 Å². The van der Waals surface area contributed by atoms with Gasteiger partial charge in [-0.15, -0.1) is 0 Å². The van der Waals surface area contributed by atoms with Gasteiger partial charge in [-0.3, -0.25) is 4.79 Å². The Morgan fingerprint density at radius 2 is 1.86 bits per heavy atom. The number of anilines is 1. The van der Waals surface area contributed by atoms with E-state index in [4.69, 9.17) is 14.5 Å². The summed E-state index contributed by atoms with van der Waals surface area (Å²) >= 11 is 0. The maximum absolute atomic E-state index is 12.5. The molecule has 0 aromatic carbocycles. The first kappa shape index (κ1) is 18.5. The van der Waals surface area contributed by atoms with Crippen LogP contribution in [0, 0.1) is 13.8 Å². The Hall–Kier alpha value is -2.83. The third kappa shape index (κ3) is 3.15. The van der Waals surface area contributed by atoms with Crippen molar-refractivity contribution in [2.45, 2.75) is 40.0 Å². The van der Waals surface area contributed by atoms with E-state index in [1.807, 2.05) is 16.3 Å². The predicted octanol–water partition coefficient (Wildman–Crippen LogP) is 3.20. The summed E-state index contributed by atoms with van der Waals surface area (Å²) in [6, 6.07) is 5.53. The van der Waals surface area contributed by atoms with Gasteiger partial charge in [-0.2, -0.15) is 9.61 Å². The van der Waals surface area contributed by atoms with Crippen LogP contribution in [-0.2, 0) is 5.41 Å². The SMILES string of the molecule is Cc1nc2cc(C(C)(C)C)nn2c(N2CCN(C(=O)c3ccco3)CC2)c1C. The first-order chi connectivity index (χ1) is 13.3. The van der Waals surface area contributed by atoms with Crippen molar-refractivity contribution < 1.29 is 9.21 Å². The second-order valence-electron chi connectivity index (χ2n) is 8.45. The van der Waals surface area contributed by atoms with E-state index in [0.29, 0.717) is 18.8 Å². The zero-order chi connectivity index (χ0) is 20.1. The second-order valence-corrected chi connectivity index (χ2v) is 8.45. The highest BCUT2D eigenvalue weighted by Gasteiger charge is 2.27. The second kappa shape index (κ2) is 6.65. The van der Waals surface area contributed by atoms with E-state index in [0.717, 1.165) is 41.5 Å². The highest BCUT2D eigenvalue weighted by atomic mass is 16.3. The molecule has 1 aliphatic rings. The molecule has 4 heterocycles. The molecule has 0 aliphatic carbocycles. The first-order valence-electron chi connectivity index (χ1n) is 9.71. The molecule has 1 fully saturated rings. The van der Waals surface area contributed by atoms with Crippen molar-refractivity contribution in [2.75, 3.05) is 31.1 Å². The number of aryl methyl sites for hydroxylation is 1. The minimum Gasteiger partial charge on any atom is -0.459 e. The van der Waals surface area contributed by atoms with Crippen LogP contribution in [0.5, 0.6) is 0 Å². The first-order valence-corrected chi connectivity index (χ1v) is 9.71. The molecular weight excluding hydrogens is 354 g/mol. The Bertz CT molecular complexity index is 1010. The summed E-state index contributed by atoms with van der Waals surface area (Å²) in [6.45, 7) is 13.4. The fraction of sp³-hybridized carbons (Fsp3) is 0.476. The molecule has 0 unspecified atom stereocenters. The van der Waals surface area contributed by atoms with Crippen molar-refractivity contribution in [1.82, 2.24) is 19.5 Å². The van der Waals surface area contributed by atoms with Gasteiger partial charge in [0.2, 0.25) is 0 Å². The maximum Gasteiger partial charge on any atom is 0.289 e. The molecule has 3 aromatic rings. The van der Waals surface area contributed by atoms with Crippen LogP contribution in [0.4, 0.5) is 5.82 Å². The Morgan fingerprint density at radius 1 is 1.14 bits per heavy atom. The minimum atomic E-state index is -0.0495. The number of nitrogens with zero attached hydrogens (tertiary/aromatic N) is 5. The minimum absolute atomic E-state index is 0.0407. The van der Waals surface area contributed by atoms with Gasteiger partial charge < -0.3 is 14.2 Å². The van der Waals surface area contributed by atoms with E-state index in [9.17, 15) is 4.79 Å². The highest BCUT2D eigenvalue weighted by molar-refractivity contribution is 5.91. The van der Waals surface area contributed by atoms with Crippen molar-refractivity contribution in [3.05, 3.63) is 47.2 Å². The van der Waals surface area contributed by atoms with Crippen molar-refractivity contribution in [2.24, 2.45) is 0 Å². The molecule has 1 amide bonds. The maximum atomic E-state index is 12.5. The lowest BCUT2D eigenvalue weighted by molar-refractivity contribution is 0.0714. The number of amides is 1. The lowest BCUT2D eigenvalue weighted by Crippen LogP contribution is -2.49. The van der Waals surface area contributed by atoms with Gasteiger partial charge in [0.25, 0.3) is 5.91 Å². The Labute approximate surface area is 164 Å². The van der Waals surface area contributed by atoms with Gasteiger partial charge in [-0.05, 0) is 26.0 Å². The molecule has 1 saturated heterocycles. The van der Waals surface area contributed by atoms with Crippen LogP contribution in [0.3, 0.4) is 0 Å². The van der Waals surface area contributed by atoms with Crippen LogP contribution in [0.1, 0.15) is 48.3 Å². The molecular formula is C21H27N5O2. The van der Waals surface area contributed by atoms with Crippen molar-refractivity contribution in [1.29, 1.82) is 0 Å². The Morgan fingerprint density at radius 3 is 2.46 bits per heavy atom. The molecule has 0 spiro atoms. The average molecular weight is 381 g/mol. The lowest BCUT2D eigenvalue weighted by atomic mass is 9.93. The van der Waals surface area contributed by atoms with E-state index in [1.165, 1.54) is 6.26 Å². The van der Waals surface area contributed by atoms with E-state index in [2.05, 4.69) is 38.7 Å². The molecule has 1 aliphatic heterocycles. The smallest absolute Gasteiger partial charge is 0.289 e. The van der Waals surface area contributed by atoms with Crippen molar-refractivity contribution >= 4 is 17.4 Å². The quantitative estimate of drug-likeness (QED) is 0.682. The summed E-state index contributed by atoms with van der Waals surface area (Å²) in [5.41, 5.74) is 4.00. The Kier molecular flexibility index (Phi) is 4.40. The summed E-state index contributed by atoms with van der Waals surface area (Å²) in [5, 5.41) is 4.87. The number of hydrogen-bond acceptors (Lipinski definition) is 5. The number of rotatable bonds is 2. The van der Waals surface area contributed by atoms with E-state index in [-0.39, 0.29) is 11.3 Å². The largest absolute Gasteiger partial charge is 0.459 e. The van der Waals surface area contributed by atoms with Gasteiger partial charge in [0.1, 0.15) is 5.82 Å². The summed E-state index contributed by atoms with van der Waals surface area (Å²) < 4.78 is 7.23. The molecule has 7 nitrogen and oxygen atoms in total. The molecule has 7 heteroatoms. The van der Waals surface area contributed by atoms with Crippen LogP contribution in [0.2, 0.25) is 0 Å². The van der Waals surface area contributed by atoms with Gasteiger partial charge in [0.05, 0.1) is 12.0 Å². The third-order valence-electron chi connectivity index (χ3n) is 5.42. The van der Waals surface area contributed by atoms with E-state index >= 15 is 0 Å². The van der Waals surface area contributed by atoms with E-state index in [1.54, 1.807) is 12.1 Å². The normalized spacial score (nSPS) is 15.5. The van der Waals surface area contributed by atoms with E-state index < -0.39 is 0 Å². The average Bonchev–Trinajstić information content (AvgIpc) is 3.32. The number of furan rings is 1. The molecule has 0 saturated carbocycles. The summed E-state index contributed by atoms with van der Waals surface area (Å²) in [5.74, 6) is 1.42. The van der Waals surface area contributed by atoms with Crippen LogP contribution in [0.25, 0.3) is 5.65 Å². The van der Waals surface area contributed by atoms with Gasteiger partial charge in [0, 0.05) is 48.9 Å². The highest BCUT2D eigenvalue weighted by Crippen LogP contribution is 2.28. The van der Waals surface area contributed by atoms with Crippen LogP contribution in [0.15, 0.2) is 28.9 Å². The lowest BCUT2D eigenvalue weighted by Gasteiger charge is -2.36. The van der Waals surface area contributed by atoms with Gasteiger partial charge in [0.15, 0.2) is 11.4 Å². The third-order valence-corrected chi connectivity index (χ3v) is 5.42. The summed E-state index contributed by atoms with van der Waals surface area (Å²) in [7, 11) is 0. The van der Waals surface area contributed by atoms with Crippen molar-refractivity contribution in [3.63, 3.8) is 0 Å². The zero-order valence-corrected chi connectivity index (χ0v) is 17.2. The zero-order valence-electron chi connectivity index (χ0n) is 17.2. The predicted molar refractivity (Wildman–Crippen MR) is 108 cm³/mol. The molecule has 148 valence electrons. The number of carbonyl (C=O) groups is 1. The Balaban J connectivity index is 1.63. The van der Waals surface area contributed by atoms with Crippen molar-refractivity contribution in [3.8, 4) is 0 Å². The monoisotopic (exact) mass is 381 g/mol. The number of hydrogen-bond donors (Lipinski definition) is 0. The van der Waals surface area contributed by atoms with Gasteiger partial charge in [-0.1, -0.05) is 20.8 Å². The number of piperazine rings is 1. The standard InChI is InChI=1S/C21H27N5O2/c1-14-15(2)22-18-13-17(21(3,4)5)23-26(18)19(14)24-8-10-25(11-9-24)20(27)16-7-6-12-28-16/h6-7,12-13H,8-11H2,1-5H3. The van der Waals surface area contributed by atoms with Gasteiger partial charge >= 0.3 is 0 Å². The van der Waals surface area contributed by atoms with Crippen LogP contribution in [-0.4, -0.2) is 51.6 Å². The summed E-state index contributed by atoms with van der Waals surface area (Å²) in [6.07, 6.45) is 1.54. The van der Waals surface area contributed by atoms with Gasteiger partial charge in [-0.25, -0.2) is 4.98 Å². The number of aromatic nitrogens is 3. The fourth-order valence-electron chi connectivity index (χ4n) is 3.60. The number of fused-ring (bicyclic) bond motifs is 1. The molecule has 4 rings (SSSR count). The molecule has 0 atom stereocenters. The molecule has 0 bridgehead atoms. The molecule has 0 radical (unpaired) electrons. The van der Waals surface area contributed by atoms with Crippen LogP contribution < -0.4 is 4.90 Å².